The van der Waals surface area contributed by atoms with Gasteiger partial charge in [-0.15, -0.1) is 0 Å². The summed E-state index contributed by atoms with van der Waals surface area (Å²) in [5.41, 5.74) is 1.36. The van der Waals surface area contributed by atoms with Crippen molar-refractivity contribution < 1.29 is 17.9 Å². The number of likely N-dealkylation sites (tertiary alicyclic amines) is 1. The molecule has 1 saturated heterocycles. The monoisotopic (exact) mass is 461 g/mol. The Morgan fingerprint density at radius 3 is 2.52 bits per heavy atom. The number of nitrogens with zero attached hydrogens (tertiary/aromatic N) is 2. The van der Waals surface area contributed by atoms with Gasteiger partial charge in [-0.2, -0.15) is 0 Å². The van der Waals surface area contributed by atoms with Gasteiger partial charge in [-0.25, -0.2) is 13.1 Å². The number of hydrogen-bond donors (Lipinski definition) is 1. The van der Waals surface area contributed by atoms with Crippen molar-refractivity contribution in [3.63, 3.8) is 0 Å². The maximum absolute atomic E-state index is 12.7. The Labute approximate surface area is 184 Å². The summed E-state index contributed by atoms with van der Waals surface area (Å²) in [6, 6.07) is 11.6. The molecule has 1 aliphatic rings. The number of methoxy groups -OCH3 is 1. The molecule has 10 heteroatoms. The van der Waals surface area contributed by atoms with E-state index in [0.717, 1.165) is 42.8 Å². The van der Waals surface area contributed by atoms with Crippen molar-refractivity contribution in [3.8, 4) is 5.75 Å². The van der Waals surface area contributed by atoms with Gasteiger partial charge >= 0.3 is 4.87 Å². The predicted molar refractivity (Wildman–Crippen MR) is 119 cm³/mol. The summed E-state index contributed by atoms with van der Waals surface area (Å²) in [5.74, 6) is 0.608. The smallest absolute Gasteiger partial charge is 0.308 e. The van der Waals surface area contributed by atoms with Crippen LogP contribution in [0.5, 0.6) is 5.75 Å². The number of aromatic nitrogens is 1. The highest BCUT2D eigenvalue weighted by molar-refractivity contribution is 7.89. The van der Waals surface area contributed by atoms with Crippen LogP contribution in [0, 0.1) is 0 Å². The Bertz CT molecular complexity index is 1260. The molecule has 8 nitrogen and oxygen atoms in total. The third kappa shape index (κ3) is 4.65. The number of amides is 1. The van der Waals surface area contributed by atoms with Crippen LogP contribution in [-0.4, -0.2) is 44.0 Å². The third-order valence-corrected chi connectivity index (χ3v) is 7.67. The van der Waals surface area contributed by atoms with Crippen molar-refractivity contribution in [1.82, 2.24) is 14.2 Å². The Morgan fingerprint density at radius 1 is 1.13 bits per heavy atom. The molecule has 3 aromatic rings. The molecule has 164 valence electrons. The second-order valence-corrected chi connectivity index (χ2v) is 10.1. The van der Waals surface area contributed by atoms with Crippen LogP contribution in [0.1, 0.15) is 18.4 Å². The Balaban J connectivity index is 1.52. The summed E-state index contributed by atoms with van der Waals surface area (Å²) >= 11 is 0.943. The van der Waals surface area contributed by atoms with Crippen molar-refractivity contribution in [1.29, 1.82) is 0 Å². The first-order chi connectivity index (χ1) is 14.9. The molecule has 31 heavy (non-hydrogen) atoms. The van der Waals surface area contributed by atoms with E-state index in [1.54, 1.807) is 42.3 Å². The average Bonchev–Trinajstić information content (AvgIpc) is 3.41. The van der Waals surface area contributed by atoms with Crippen LogP contribution in [0.3, 0.4) is 0 Å². The van der Waals surface area contributed by atoms with Crippen LogP contribution >= 0.6 is 11.3 Å². The quantitative estimate of drug-likeness (QED) is 0.582. The molecular formula is C21H23N3O5S2. The van der Waals surface area contributed by atoms with E-state index in [1.165, 1.54) is 16.7 Å². The highest BCUT2D eigenvalue weighted by atomic mass is 32.2. The minimum absolute atomic E-state index is 0.0271. The van der Waals surface area contributed by atoms with Crippen LogP contribution in [0.25, 0.3) is 10.2 Å². The molecule has 1 aliphatic heterocycles. The van der Waals surface area contributed by atoms with Crippen molar-refractivity contribution in [2.45, 2.75) is 30.8 Å². The molecule has 1 N–H and O–H groups in total. The van der Waals surface area contributed by atoms with E-state index in [2.05, 4.69) is 4.72 Å². The molecule has 4 rings (SSSR count). The van der Waals surface area contributed by atoms with Gasteiger partial charge in [0.25, 0.3) is 0 Å². The van der Waals surface area contributed by atoms with E-state index in [4.69, 9.17) is 4.74 Å². The van der Waals surface area contributed by atoms with Gasteiger partial charge in [0.05, 0.1) is 22.2 Å². The van der Waals surface area contributed by atoms with Gasteiger partial charge in [0.1, 0.15) is 12.3 Å². The Morgan fingerprint density at radius 2 is 1.84 bits per heavy atom. The molecule has 2 heterocycles. The summed E-state index contributed by atoms with van der Waals surface area (Å²) in [7, 11) is -2.20. The summed E-state index contributed by atoms with van der Waals surface area (Å²) in [5, 5.41) is 0. The SMILES string of the molecule is COc1ccc(CNS(=O)(=O)c2ccc3c(c2)sc(=O)n3CC(=O)N2CCCC2)cc1. The summed E-state index contributed by atoms with van der Waals surface area (Å²) in [4.78, 5) is 26.5. The average molecular weight is 462 g/mol. The topological polar surface area (TPSA) is 97.7 Å². The van der Waals surface area contributed by atoms with Gasteiger partial charge in [-0.05, 0) is 48.7 Å². The number of carbonyl (C=O) groups excluding carboxylic acids is 1. The molecule has 0 saturated carbocycles. The van der Waals surface area contributed by atoms with Gasteiger partial charge in [0, 0.05) is 19.6 Å². The van der Waals surface area contributed by atoms with Crippen molar-refractivity contribution in [2.24, 2.45) is 0 Å². The second-order valence-electron chi connectivity index (χ2n) is 7.34. The third-order valence-electron chi connectivity index (χ3n) is 5.33. The van der Waals surface area contributed by atoms with Crippen LogP contribution in [0.2, 0.25) is 0 Å². The van der Waals surface area contributed by atoms with Gasteiger partial charge in [-0.3, -0.25) is 14.2 Å². The molecule has 0 spiro atoms. The number of rotatable bonds is 7. The number of ether oxygens (including phenoxy) is 1. The number of thiazole rings is 1. The largest absolute Gasteiger partial charge is 0.497 e. The first kappa shape index (κ1) is 21.5. The molecule has 0 aliphatic carbocycles. The predicted octanol–water partition coefficient (Wildman–Crippen LogP) is 2.17. The first-order valence-electron chi connectivity index (χ1n) is 9.91. The van der Waals surface area contributed by atoms with Crippen LogP contribution in [-0.2, 0) is 27.9 Å². The minimum Gasteiger partial charge on any atom is -0.497 e. The standard InChI is InChI=1S/C21H23N3O5S2/c1-29-16-6-4-15(5-7-16)13-22-31(27,28)17-8-9-18-19(12-17)30-21(26)24(18)14-20(25)23-10-2-3-11-23/h4-9,12,22H,2-3,10-11,13-14H2,1H3. The molecule has 0 unspecified atom stereocenters. The van der Waals surface area contributed by atoms with E-state index >= 15 is 0 Å². The Kier molecular flexibility index (Phi) is 6.12. The fraction of sp³-hybridized carbons (Fsp3) is 0.333. The lowest BCUT2D eigenvalue weighted by Gasteiger charge is -2.15. The molecular weight excluding hydrogens is 438 g/mol. The maximum Gasteiger partial charge on any atom is 0.308 e. The highest BCUT2D eigenvalue weighted by Gasteiger charge is 2.21. The molecule has 1 fully saturated rings. The van der Waals surface area contributed by atoms with Gasteiger partial charge in [0.2, 0.25) is 15.9 Å². The fourth-order valence-electron chi connectivity index (χ4n) is 3.57. The number of hydrogen-bond acceptors (Lipinski definition) is 6. The molecule has 0 bridgehead atoms. The fourth-order valence-corrected chi connectivity index (χ4v) is 5.62. The number of benzene rings is 2. The molecule has 0 atom stereocenters. The summed E-state index contributed by atoms with van der Waals surface area (Å²) < 4.78 is 35.1. The number of sulfonamides is 1. The zero-order valence-electron chi connectivity index (χ0n) is 17.0. The molecule has 1 amide bonds. The molecule has 0 radical (unpaired) electrons. The highest BCUT2D eigenvalue weighted by Crippen LogP contribution is 2.22. The van der Waals surface area contributed by atoms with Gasteiger partial charge < -0.3 is 9.64 Å². The Hall–Kier alpha value is -2.69. The maximum atomic E-state index is 12.7. The van der Waals surface area contributed by atoms with Crippen LogP contribution < -0.4 is 14.3 Å². The number of fused-ring (bicyclic) bond motifs is 1. The molecule has 2 aromatic carbocycles. The lowest BCUT2D eigenvalue weighted by atomic mass is 10.2. The van der Waals surface area contributed by atoms with Crippen molar-refractivity contribution in [2.75, 3.05) is 20.2 Å². The van der Waals surface area contributed by atoms with E-state index < -0.39 is 10.0 Å². The van der Waals surface area contributed by atoms with Crippen molar-refractivity contribution >= 4 is 37.5 Å². The van der Waals surface area contributed by atoms with Gasteiger partial charge in [-0.1, -0.05) is 23.5 Å². The minimum atomic E-state index is -3.77. The number of nitrogens with one attached hydrogen (secondary N) is 1. The van der Waals surface area contributed by atoms with E-state index in [-0.39, 0.29) is 28.8 Å². The summed E-state index contributed by atoms with van der Waals surface area (Å²) in [6.07, 6.45) is 1.96. The second kappa shape index (κ2) is 8.81. The van der Waals surface area contributed by atoms with Gasteiger partial charge in [0.15, 0.2) is 0 Å². The first-order valence-corrected chi connectivity index (χ1v) is 12.2. The zero-order chi connectivity index (χ0) is 22.0. The zero-order valence-corrected chi connectivity index (χ0v) is 18.7. The van der Waals surface area contributed by atoms with E-state index in [0.29, 0.717) is 16.0 Å². The van der Waals surface area contributed by atoms with E-state index in [1.807, 2.05) is 0 Å². The van der Waals surface area contributed by atoms with Crippen molar-refractivity contribution in [3.05, 3.63) is 57.7 Å². The lowest BCUT2D eigenvalue weighted by Crippen LogP contribution is -2.33. The summed E-state index contributed by atoms with van der Waals surface area (Å²) in [6.45, 7) is 1.54. The normalized spacial score (nSPS) is 14.3. The van der Waals surface area contributed by atoms with E-state index in [9.17, 15) is 18.0 Å². The van der Waals surface area contributed by atoms with Crippen LogP contribution in [0.15, 0.2) is 52.2 Å². The number of carbonyl (C=O) groups is 1. The lowest BCUT2D eigenvalue weighted by molar-refractivity contribution is -0.130. The molecule has 1 aromatic heterocycles. The van der Waals surface area contributed by atoms with Crippen LogP contribution in [0.4, 0.5) is 0 Å².